The van der Waals surface area contributed by atoms with E-state index in [1.807, 2.05) is 6.92 Å². The largest absolute Gasteiger partial charge is 0.454 e. The standard InChI is InChI=1S/C13H14N4O3/c1-7-10(5-17(2)16-7)15-13(18)8-3-11-12(4-9(8)14)20-6-19-11/h3-5H,6,14H2,1-2H3,(H,15,18). The topological polar surface area (TPSA) is 91.4 Å². The molecular weight excluding hydrogens is 260 g/mol. The summed E-state index contributed by atoms with van der Waals surface area (Å²) >= 11 is 0. The molecule has 0 saturated heterocycles. The maximum absolute atomic E-state index is 12.3. The first-order chi connectivity index (χ1) is 9.54. The molecule has 0 spiro atoms. The molecule has 1 aromatic carbocycles. The lowest BCUT2D eigenvalue weighted by Gasteiger charge is -2.07. The minimum absolute atomic E-state index is 0.140. The highest BCUT2D eigenvalue weighted by Gasteiger charge is 2.20. The van der Waals surface area contributed by atoms with Crippen LogP contribution in [-0.4, -0.2) is 22.5 Å². The van der Waals surface area contributed by atoms with Gasteiger partial charge in [-0.15, -0.1) is 0 Å². The molecule has 1 aliphatic heterocycles. The molecule has 2 heterocycles. The van der Waals surface area contributed by atoms with Crippen molar-refractivity contribution >= 4 is 17.3 Å². The molecule has 1 aromatic heterocycles. The van der Waals surface area contributed by atoms with Crippen LogP contribution in [0.5, 0.6) is 11.5 Å². The fraction of sp³-hybridized carbons (Fsp3) is 0.231. The second-order valence-corrected chi connectivity index (χ2v) is 4.55. The Bertz CT molecular complexity index is 693. The van der Waals surface area contributed by atoms with Crippen LogP contribution in [0, 0.1) is 6.92 Å². The first-order valence-electron chi connectivity index (χ1n) is 6.05. The number of carbonyl (C=O) groups is 1. The Labute approximate surface area is 115 Å². The summed E-state index contributed by atoms with van der Waals surface area (Å²) < 4.78 is 12.1. The molecule has 7 heteroatoms. The fourth-order valence-corrected chi connectivity index (χ4v) is 2.07. The summed E-state index contributed by atoms with van der Waals surface area (Å²) in [5.74, 6) is 0.765. The number of fused-ring (bicyclic) bond motifs is 1. The maximum atomic E-state index is 12.3. The number of rotatable bonds is 2. The van der Waals surface area contributed by atoms with Crippen molar-refractivity contribution < 1.29 is 14.3 Å². The quantitative estimate of drug-likeness (QED) is 0.805. The summed E-state index contributed by atoms with van der Waals surface area (Å²) in [4.78, 5) is 12.3. The number of nitrogens with zero attached hydrogens (tertiary/aromatic N) is 2. The van der Waals surface area contributed by atoms with Gasteiger partial charge in [0, 0.05) is 25.0 Å². The van der Waals surface area contributed by atoms with E-state index in [0.29, 0.717) is 28.4 Å². The van der Waals surface area contributed by atoms with E-state index in [2.05, 4.69) is 10.4 Å². The number of aryl methyl sites for hydroxylation is 2. The molecule has 0 fully saturated rings. The zero-order valence-corrected chi connectivity index (χ0v) is 11.1. The molecule has 2 aromatic rings. The van der Waals surface area contributed by atoms with Crippen LogP contribution in [0.2, 0.25) is 0 Å². The van der Waals surface area contributed by atoms with Crippen LogP contribution in [0.3, 0.4) is 0 Å². The van der Waals surface area contributed by atoms with Gasteiger partial charge < -0.3 is 20.5 Å². The zero-order chi connectivity index (χ0) is 14.3. The van der Waals surface area contributed by atoms with E-state index in [9.17, 15) is 4.79 Å². The molecule has 20 heavy (non-hydrogen) atoms. The average Bonchev–Trinajstić information content (AvgIpc) is 2.94. The molecular formula is C13H14N4O3. The Morgan fingerprint density at radius 1 is 1.40 bits per heavy atom. The van der Waals surface area contributed by atoms with Gasteiger partial charge in [0.05, 0.1) is 16.9 Å². The number of benzene rings is 1. The van der Waals surface area contributed by atoms with Gasteiger partial charge in [-0.1, -0.05) is 0 Å². The van der Waals surface area contributed by atoms with E-state index < -0.39 is 0 Å². The van der Waals surface area contributed by atoms with E-state index in [1.165, 1.54) is 0 Å². The predicted octanol–water partition coefficient (Wildman–Crippen LogP) is 1.29. The summed E-state index contributed by atoms with van der Waals surface area (Å²) in [6, 6.07) is 3.17. The second kappa shape index (κ2) is 4.44. The summed E-state index contributed by atoms with van der Waals surface area (Å²) in [5, 5.41) is 6.94. The first-order valence-corrected chi connectivity index (χ1v) is 6.05. The third-order valence-corrected chi connectivity index (χ3v) is 3.05. The molecule has 0 saturated carbocycles. The first kappa shape index (κ1) is 12.3. The Hall–Kier alpha value is -2.70. The highest BCUT2D eigenvalue weighted by Crippen LogP contribution is 2.36. The highest BCUT2D eigenvalue weighted by molar-refractivity contribution is 6.08. The smallest absolute Gasteiger partial charge is 0.257 e. The van der Waals surface area contributed by atoms with E-state index in [-0.39, 0.29) is 12.7 Å². The lowest BCUT2D eigenvalue weighted by molar-refractivity contribution is 0.102. The van der Waals surface area contributed by atoms with E-state index in [1.54, 1.807) is 30.1 Å². The van der Waals surface area contributed by atoms with Crippen LogP contribution in [-0.2, 0) is 7.05 Å². The number of nitrogens with one attached hydrogen (secondary N) is 1. The van der Waals surface area contributed by atoms with Crippen molar-refractivity contribution in [3.05, 3.63) is 29.6 Å². The molecule has 0 aliphatic carbocycles. The molecule has 3 N–H and O–H groups in total. The summed E-state index contributed by atoms with van der Waals surface area (Å²) in [6.45, 7) is 1.96. The maximum Gasteiger partial charge on any atom is 0.257 e. The normalized spacial score (nSPS) is 12.5. The third kappa shape index (κ3) is 2.03. The Kier molecular flexibility index (Phi) is 2.74. The Morgan fingerprint density at radius 3 is 2.75 bits per heavy atom. The van der Waals surface area contributed by atoms with Gasteiger partial charge >= 0.3 is 0 Å². The SMILES string of the molecule is Cc1nn(C)cc1NC(=O)c1cc2c(cc1N)OCO2. The molecule has 0 atom stereocenters. The molecule has 1 aliphatic rings. The lowest BCUT2D eigenvalue weighted by atomic mass is 10.1. The molecule has 7 nitrogen and oxygen atoms in total. The minimum Gasteiger partial charge on any atom is -0.454 e. The van der Waals surface area contributed by atoms with Crippen LogP contribution < -0.4 is 20.5 Å². The number of hydrogen-bond acceptors (Lipinski definition) is 5. The Morgan fingerprint density at radius 2 is 2.10 bits per heavy atom. The van der Waals surface area contributed by atoms with Gasteiger partial charge in [0.15, 0.2) is 11.5 Å². The van der Waals surface area contributed by atoms with Crippen LogP contribution in [0.15, 0.2) is 18.3 Å². The van der Waals surface area contributed by atoms with Crippen molar-refractivity contribution in [1.29, 1.82) is 0 Å². The van der Waals surface area contributed by atoms with Gasteiger partial charge in [-0.25, -0.2) is 0 Å². The third-order valence-electron chi connectivity index (χ3n) is 3.05. The lowest BCUT2D eigenvalue weighted by Crippen LogP contribution is -2.14. The molecule has 3 rings (SSSR count). The van der Waals surface area contributed by atoms with E-state index in [0.717, 1.165) is 5.69 Å². The summed E-state index contributed by atoms with van der Waals surface area (Å²) in [6.07, 6.45) is 1.73. The van der Waals surface area contributed by atoms with E-state index in [4.69, 9.17) is 15.2 Å². The van der Waals surface area contributed by atoms with Gasteiger partial charge in [0.25, 0.3) is 5.91 Å². The number of amides is 1. The number of nitrogens with two attached hydrogens (primary N) is 1. The fourth-order valence-electron chi connectivity index (χ4n) is 2.07. The summed E-state index contributed by atoms with van der Waals surface area (Å²) in [5.41, 5.74) is 7.94. The number of aromatic nitrogens is 2. The number of nitrogen functional groups attached to an aromatic ring is 1. The monoisotopic (exact) mass is 274 g/mol. The molecule has 104 valence electrons. The average molecular weight is 274 g/mol. The number of carbonyl (C=O) groups excluding carboxylic acids is 1. The van der Waals surface area contributed by atoms with Crippen LogP contribution in [0.25, 0.3) is 0 Å². The summed E-state index contributed by atoms with van der Waals surface area (Å²) in [7, 11) is 1.79. The molecule has 0 radical (unpaired) electrons. The van der Waals surface area contributed by atoms with Gasteiger partial charge in [0.1, 0.15) is 0 Å². The van der Waals surface area contributed by atoms with Crippen molar-refractivity contribution in [3.8, 4) is 11.5 Å². The Balaban J connectivity index is 1.89. The number of hydrogen-bond donors (Lipinski definition) is 2. The van der Waals surface area contributed by atoms with E-state index >= 15 is 0 Å². The van der Waals surface area contributed by atoms with Crippen LogP contribution in [0.4, 0.5) is 11.4 Å². The van der Waals surface area contributed by atoms with Crippen molar-refractivity contribution in [2.75, 3.05) is 17.8 Å². The zero-order valence-electron chi connectivity index (χ0n) is 11.1. The number of anilines is 2. The molecule has 1 amide bonds. The van der Waals surface area contributed by atoms with Crippen molar-refractivity contribution in [2.45, 2.75) is 6.92 Å². The van der Waals surface area contributed by atoms with Gasteiger partial charge in [-0.3, -0.25) is 9.48 Å². The van der Waals surface area contributed by atoms with Crippen LogP contribution in [0.1, 0.15) is 16.1 Å². The molecule has 0 bridgehead atoms. The second-order valence-electron chi connectivity index (χ2n) is 4.55. The van der Waals surface area contributed by atoms with Gasteiger partial charge in [-0.05, 0) is 13.0 Å². The van der Waals surface area contributed by atoms with Crippen molar-refractivity contribution in [3.63, 3.8) is 0 Å². The highest BCUT2D eigenvalue weighted by atomic mass is 16.7. The minimum atomic E-state index is -0.308. The van der Waals surface area contributed by atoms with Crippen molar-refractivity contribution in [1.82, 2.24) is 9.78 Å². The number of ether oxygens (including phenoxy) is 2. The van der Waals surface area contributed by atoms with Gasteiger partial charge in [0.2, 0.25) is 6.79 Å². The van der Waals surface area contributed by atoms with Gasteiger partial charge in [-0.2, -0.15) is 5.10 Å². The van der Waals surface area contributed by atoms with Crippen molar-refractivity contribution in [2.24, 2.45) is 7.05 Å². The van der Waals surface area contributed by atoms with Crippen LogP contribution >= 0.6 is 0 Å². The predicted molar refractivity (Wildman–Crippen MR) is 72.9 cm³/mol. The molecule has 0 unspecified atom stereocenters.